The van der Waals surface area contributed by atoms with E-state index >= 15 is 0 Å². The van der Waals surface area contributed by atoms with E-state index in [1.807, 2.05) is 6.20 Å². The summed E-state index contributed by atoms with van der Waals surface area (Å²) in [5, 5.41) is 4.43. The van der Waals surface area contributed by atoms with Gasteiger partial charge in [-0.15, -0.1) is 0 Å². The number of hydrogen-bond donors (Lipinski definition) is 0. The van der Waals surface area contributed by atoms with Gasteiger partial charge in [0, 0.05) is 24.4 Å². The van der Waals surface area contributed by atoms with E-state index in [0.29, 0.717) is 5.92 Å². The standard InChI is InChI=1S/C21H32N2/c1-6-19(21-12-13-22-23(21)7-2)10-8-9-11-20-17(4)14-16(3)15-18(20)5/h12-15,19H,6-11H2,1-5H3. The third-order valence-electron chi connectivity index (χ3n) is 5.03. The Morgan fingerprint density at radius 3 is 2.35 bits per heavy atom. The highest BCUT2D eigenvalue weighted by Gasteiger charge is 2.13. The first-order valence-corrected chi connectivity index (χ1v) is 9.15. The molecule has 23 heavy (non-hydrogen) atoms. The molecule has 2 rings (SSSR count). The lowest BCUT2D eigenvalue weighted by molar-refractivity contribution is 0.502. The molecular formula is C21H32N2. The van der Waals surface area contributed by atoms with Crippen LogP contribution >= 0.6 is 0 Å². The Balaban J connectivity index is 1.89. The Morgan fingerprint density at radius 2 is 1.74 bits per heavy atom. The second-order valence-corrected chi connectivity index (χ2v) is 6.80. The predicted octanol–water partition coefficient (Wildman–Crippen LogP) is 5.73. The van der Waals surface area contributed by atoms with E-state index in [1.54, 1.807) is 5.56 Å². The monoisotopic (exact) mass is 312 g/mol. The average Bonchev–Trinajstić information content (AvgIpc) is 2.97. The summed E-state index contributed by atoms with van der Waals surface area (Å²) in [6.45, 7) is 12.1. The van der Waals surface area contributed by atoms with Crippen molar-refractivity contribution < 1.29 is 0 Å². The van der Waals surface area contributed by atoms with Gasteiger partial charge in [0.2, 0.25) is 0 Å². The van der Waals surface area contributed by atoms with Gasteiger partial charge in [0.05, 0.1) is 0 Å². The zero-order chi connectivity index (χ0) is 16.8. The third kappa shape index (κ3) is 4.46. The Kier molecular flexibility index (Phi) is 6.44. The van der Waals surface area contributed by atoms with Gasteiger partial charge in [0.25, 0.3) is 0 Å². The van der Waals surface area contributed by atoms with Gasteiger partial charge >= 0.3 is 0 Å². The lowest BCUT2D eigenvalue weighted by Crippen LogP contribution is -2.08. The summed E-state index contributed by atoms with van der Waals surface area (Å²) in [5.41, 5.74) is 7.26. The fourth-order valence-electron chi connectivity index (χ4n) is 3.81. The van der Waals surface area contributed by atoms with Gasteiger partial charge in [-0.05, 0) is 76.1 Å². The first-order valence-electron chi connectivity index (χ1n) is 9.15. The van der Waals surface area contributed by atoms with Crippen LogP contribution in [0.25, 0.3) is 0 Å². The van der Waals surface area contributed by atoms with Gasteiger partial charge < -0.3 is 0 Å². The Morgan fingerprint density at radius 1 is 1.04 bits per heavy atom. The van der Waals surface area contributed by atoms with Crippen LogP contribution in [0.5, 0.6) is 0 Å². The van der Waals surface area contributed by atoms with Crippen LogP contribution in [0.2, 0.25) is 0 Å². The summed E-state index contributed by atoms with van der Waals surface area (Å²) in [6.07, 6.45) is 8.20. The predicted molar refractivity (Wildman–Crippen MR) is 99.1 cm³/mol. The molecule has 1 unspecified atom stereocenters. The Bertz CT molecular complexity index is 602. The fraction of sp³-hybridized carbons (Fsp3) is 0.571. The second-order valence-electron chi connectivity index (χ2n) is 6.80. The minimum absolute atomic E-state index is 0.651. The molecule has 0 aliphatic carbocycles. The number of nitrogens with zero attached hydrogens (tertiary/aromatic N) is 2. The summed E-state index contributed by atoms with van der Waals surface area (Å²) in [7, 11) is 0. The molecule has 1 heterocycles. The molecular weight excluding hydrogens is 280 g/mol. The molecule has 0 saturated heterocycles. The van der Waals surface area contributed by atoms with Crippen LogP contribution < -0.4 is 0 Å². The number of hydrogen-bond acceptors (Lipinski definition) is 1. The number of rotatable bonds is 8. The van der Waals surface area contributed by atoms with Gasteiger partial charge in [-0.25, -0.2) is 0 Å². The van der Waals surface area contributed by atoms with E-state index in [4.69, 9.17) is 0 Å². The molecule has 1 atom stereocenters. The van der Waals surface area contributed by atoms with E-state index in [-0.39, 0.29) is 0 Å². The third-order valence-corrected chi connectivity index (χ3v) is 5.03. The van der Waals surface area contributed by atoms with Crippen LogP contribution in [-0.4, -0.2) is 9.78 Å². The van der Waals surface area contributed by atoms with Crippen LogP contribution in [0.4, 0.5) is 0 Å². The van der Waals surface area contributed by atoms with Gasteiger partial charge in [0.15, 0.2) is 0 Å². The highest BCUT2D eigenvalue weighted by atomic mass is 15.3. The summed E-state index contributed by atoms with van der Waals surface area (Å²) in [6, 6.07) is 6.83. The molecule has 0 fully saturated rings. The Hall–Kier alpha value is -1.57. The molecule has 0 spiro atoms. The molecule has 0 N–H and O–H groups in total. The lowest BCUT2D eigenvalue weighted by atomic mass is 9.92. The van der Waals surface area contributed by atoms with Gasteiger partial charge in [0.1, 0.15) is 0 Å². The molecule has 126 valence electrons. The van der Waals surface area contributed by atoms with Crippen molar-refractivity contribution in [1.82, 2.24) is 9.78 Å². The van der Waals surface area contributed by atoms with E-state index in [0.717, 1.165) is 6.54 Å². The van der Waals surface area contributed by atoms with Crippen molar-refractivity contribution >= 4 is 0 Å². The highest BCUT2D eigenvalue weighted by molar-refractivity contribution is 5.37. The number of unbranched alkanes of at least 4 members (excludes halogenated alkanes) is 1. The van der Waals surface area contributed by atoms with E-state index in [9.17, 15) is 0 Å². The largest absolute Gasteiger partial charge is 0.270 e. The van der Waals surface area contributed by atoms with E-state index in [2.05, 4.69) is 62.6 Å². The number of aromatic nitrogens is 2. The van der Waals surface area contributed by atoms with Crippen LogP contribution in [0.3, 0.4) is 0 Å². The normalized spacial score (nSPS) is 12.6. The van der Waals surface area contributed by atoms with Crippen molar-refractivity contribution in [3.8, 4) is 0 Å². The molecule has 0 aliphatic rings. The number of benzene rings is 1. The lowest BCUT2D eigenvalue weighted by Gasteiger charge is -2.17. The molecule has 1 aromatic heterocycles. The highest BCUT2D eigenvalue weighted by Crippen LogP contribution is 2.26. The molecule has 0 bridgehead atoms. The molecule has 0 aliphatic heterocycles. The van der Waals surface area contributed by atoms with Crippen LogP contribution in [0, 0.1) is 20.8 Å². The van der Waals surface area contributed by atoms with Crippen LogP contribution in [0.1, 0.15) is 73.4 Å². The maximum atomic E-state index is 4.43. The molecule has 2 nitrogen and oxygen atoms in total. The second kappa shape index (κ2) is 8.33. The molecule has 0 saturated carbocycles. The molecule has 2 aromatic rings. The van der Waals surface area contributed by atoms with Gasteiger partial charge in [-0.1, -0.05) is 31.0 Å². The summed E-state index contributed by atoms with van der Waals surface area (Å²) in [4.78, 5) is 0. The summed E-state index contributed by atoms with van der Waals surface area (Å²) < 4.78 is 2.16. The summed E-state index contributed by atoms with van der Waals surface area (Å²) >= 11 is 0. The first-order chi connectivity index (χ1) is 11.1. The number of aryl methyl sites for hydroxylation is 4. The van der Waals surface area contributed by atoms with Crippen molar-refractivity contribution in [1.29, 1.82) is 0 Å². The first kappa shape index (κ1) is 17.8. The van der Waals surface area contributed by atoms with Crippen molar-refractivity contribution in [2.75, 3.05) is 0 Å². The van der Waals surface area contributed by atoms with Crippen molar-refractivity contribution in [3.05, 3.63) is 52.3 Å². The minimum atomic E-state index is 0.651. The maximum absolute atomic E-state index is 4.43. The maximum Gasteiger partial charge on any atom is 0.0492 e. The molecule has 0 amide bonds. The summed E-state index contributed by atoms with van der Waals surface area (Å²) in [5.74, 6) is 0.651. The Labute approximate surface area is 141 Å². The van der Waals surface area contributed by atoms with Gasteiger partial charge in [-0.2, -0.15) is 5.10 Å². The average molecular weight is 313 g/mol. The van der Waals surface area contributed by atoms with Crippen LogP contribution in [0.15, 0.2) is 24.4 Å². The SMILES string of the molecule is CCC(CCCCc1c(C)cc(C)cc1C)c1ccnn1CC. The molecule has 1 aromatic carbocycles. The van der Waals surface area contributed by atoms with E-state index in [1.165, 1.54) is 54.5 Å². The van der Waals surface area contributed by atoms with E-state index < -0.39 is 0 Å². The quantitative estimate of drug-likeness (QED) is 0.569. The van der Waals surface area contributed by atoms with Crippen LogP contribution in [-0.2, 0) is 13.0 Å². The van der Waals surface area contributed by atoms with Crippen molar-refractivity contribution in [3.63, 3.8) is 0 Å². The van der Waals surface area contributed by atoms with Crippen molar-refractivity contribution in [2.24, 2.45) is 0 Å². The fourth-order valence-corrected chi connectivity index (χ4v) is 3.81. The molecule has 0 radical (unpaired) electrons. The minimum Gasteiger partial charge on any atom is -0.270 e. The molecule has 2 heteroatoms. The topological polar surface area (TPSA) is 17.8 Å². The smallest absolute Gasteiger partial charge is 0.0492 e. The zero-order valence-corrected chi connectivity index (χ0v) is 15.5. The zero-order valence-electron chi connectivity index (χ0n) is 15.5. The van der Waals surface area contributed by atoms with Crippen molar-refractivity contribution in [2.45, 2.75) is 79.2 Å². The van der Waals surface area contributed by atoms with Gasteiger partial charge in [-0.3, -0.25) is 4.68 Å².